The minimum atomic E-state index is -0.734. The van der Waals surface area contributed by atoms with Gasteiger partial charge in [-0.1, -0.05) is 27.2 Å². The van der Waals surface area contributed by atoms with Gasteiger partial charge in [-0.05, 0) is 39.5 Å². The van der Waals surface area contributed by atoms with Crippen LogP contribution in [0.3, 0.4) is 0 Å². The second-order valence-electron chi connectivity index (χ2n) is 6.00. The number of hydrogen-bond donors (Lipinski definition) is 1. The number of hydrogen-bond acceptors (Lipinski definition) is 2. The molecule has 0 aromatic heterocycles. The molecule has 0 saturated carbocycles. The van der Waals surface area contributed by atoms with Crippen LogP contribution < -0.4 is 0 Å². The fraction of sp³-hybridized carbons (Fsp3) is 0.929. The summed E-state index contributed by atoms with van der Waals surface area (Å²) in [4.78, 5) is 13.1. The lowest BCUT2D eigenvalue weighted by Gasteiger charge is -2.41. The van der Waals surface area contributed by atoms with Gasteiger partial charge in [0.25, 0.3) is 0 Å². The lowest BCUT2D eigenvalue weighted by atomic mass is 9.93. The SMILES string of the molecule is CCC(C)CC(CC)N(CC(=O)O)C(C)(C)C. The van der Waals surface area contributed by atoms with Crippen LogP contribution in [0.15, 0.2) is 0 Å². The highest BCUT2D eigenvalue weighted by Crippen LogP contribution is 2.24. The van der Waals surface area contributed by atoms with E-state index in [0.29, 0.717) is 12.0 Å². The van der Waals surface area contributed by atoms with Gasteiger partial charge in [0.2, 0.25) is 0 Å². The Labute approximate surface area is 106 Å². The number of aliphatic carboxylic acids is 1. The van der Waals surface area contributed by atoms with Crippen LogP contribution >= 0.6 is 0 Å². The standard InChI is InChI=1S/C14H29NO2/c1-7-11(3)9-12(8-2)15(10-13(16)17)14(4,5)6/h11-12H,7-10H2,1-6H3,(H,16,17). The second-order valence-corrected chi connectivity index (χ2v) is 6.00. The van der Waals surface area contributed by atoms with Crippen molar-refractivity contribution in [2.24, 2.45) is 5.92 Å². The maximum absolute atomic E-state index is 11.0. The van der Waals surface area contributed by atoms with Gasteiger partial charge in [0, 0.05) is 11.6 Å². The third kappa shape index (κ3) is 6.06. The lowest BCUT2D eigenvalue weighted by Crippen LogP contribution is -2.50. The summed E-state index contributed by atoms with van der Waals surface area (Å²) in [6.45, 7) is 13.0. The molecule has 0 heterocycles. The third-order valence-corrected chi connectivity index (χ3v) is 3.45. The van der Waals surface area contributed by atoms with E-state index < -0.39 is 5.97 Å². The molecule has 0 fully saturated rings. The second kappa shape index (κ2) is 7.00. The van der Waals surface area contributed by atoms with Gasteiger partial charge in [-0.2, -0.15) is 0 Å². The molecule has 2 atom stereocenters. The Balaban J connectivity index is 4.79. The zero-order valence-electron chi connectivity index (χ0n) is 12.3. The van der Waals surface area contributed by atoms with E-state index in [1.807, 2.05) is 0 Å². The maximum Gasteiger partial charge on any atom is 0.317 e. The van der Waals surface area contributed by atoms with Crippen LogP contribution in [0.5, 0.6) is 0 Å². The summed E-state index contributed by atoms with van der Waals surface area (Å²) >= 11 is 0. The average Bonchev–Trinajstić information content (AvgIpc) is 2.20. The Morgan fingerprint density at radius 1 is 1.24 bits per heavy atom. The summed E-state index contributed by atoms with van der Waals surface area (Å²) in [5.74, 6) is -0.0823. The number of nitrogens with zero attached hydrogens (tertiary/aromatic N) is 1. The van der Waals surface area contributed by atoms with E-state index in [1.54, 1.807) is 0 Å². The number of carbonyl (C=O) groups is 1. The molecule has 0 amide bonds. The highest BCUT2D eigenvalue weighted by Gasteiger charge is 2.30. The first kappa shape index (κ1) is 16.4. The average molecular weight is 243 g/mol. The molecule has 0 rings (SSSR count). The zero-order chi connectivity index (χ0) is 13.6. The molecule has 0 aromatic rings. The molecule has 0 saturated heterocycles. The fourth-order valence-electron chi connectivity index (χ4n) is 2.21. The van der Waals surface area contributed by atoms with Gasteiger partial charge in [0.15, 0.2) is 0 Å². The van der Waals surface area contributed by atoms with E-state index in [0.717, 1.165) is 19.3 Å². The van der Waals surface area contributed by atoms with Crippen molar-refractivity contribution in [1.29, 1.82) is 0 Å². The number of carboxylic acids is 1. The van der Waals surface area contributed by atoms with E-state index in [1.165, 1.54) is 0 Å². The van der Waals surface area contributed by atoms with Gasteiger partial charge in [-0.15, -0.1) is 0 Å². The predicted octanol–water partition coefficient (Wildman–Crippen LogP) is 3.39. The molecule has 0 aliphatic heterocycles. The van der Waals surface area contributed by atoms with Crippen molar-refractivity contribution in [2.45, 2.75) is 72.4 Å². The Kier molecular flexibility index (Phi) is 6.76. The van der Waals surface area contributed by atoms with Crippen molar-refractivity contribution in [3.8, 4) is 0 Å². The van der Waals surface area contributed by atoms with Crippen LogP contribution in [0.1, 0.15) is 60.8 Å². The highest BCUT2D eigenvalue weighted by molar-refractivity contribution is 5.69. The third-order valence-electron chi connectivity index (χ3n) is 3.45. The molecule has 3 nitrogen and oxygen atoms in total. The van der Waals surface area contributed by atoms with Crippen molar-refractivity contribution < 1.29 is 9.90 Å². The van der Waals surface area contributed by atoms with Crippen molar-refractivity contribution in [1.82, 2.24) is 4.90 Å². The molecular formula is C14H29NO2. The van der Waals surface area contributed by atoms with E-state index in [4.69, 9.17) is 5.11 Å². The first-order chi connectivity index (χ1) is 7.72. The summed E-state index contributed by atoms with van der Waals surface area (Å²) < 4.78 is 0. The number of carboxylic acid groups (broad SMARTS) is 1. The molecule has 1 N–H and O–H groups in total. The van der Waals surface area contributed by atoms with Gasteiger partial charge in [-0.3, -0.25) is 9.69 Å². The molecule has 0 aromatic carbocycles. The Hall–Kier alpha value is -0.570. The van der Waals surface area contributed by atoms with E-state index >= 15 is 0 Å². The molecule has 2 unspecified atom stereocenters. The van der Waals surface area contributed by atoms with Gasteiger partial charge in [0.05, 0.1) is 6.54 Å². The minimum Gasteiger partial charge on any atom is -0.480 e. The monoisotopic (exact) mass is 243 g/mol. The molecule has 0 spiro atoms. The molecule has 102 valence electrons. The van der Waals surface area contributed by atoms with Crippen LogP contribution in [0.25, 0.3) is 0 Å². The molecular weight excluding hydrogens is 214 g/mol. The zero-order valence-corrected chi connectivity index (χ0v) is 12.3. The fourth-order valence-corrected chi connectivity index (χ4v) is 2.21. The van der Waals surface area contributed by atoms with Crippen molar-refractivity contribution >= 4 is 5.97 Å². The Bertz CT molecular complexity index is 233. The van der Waals surface area contributed by atoms with Crippen LogP contribution in [-0.4, -0.2) is 34.1 Å². The first-order valence-corrected chi connectivity index (χ1v) is 6.70. The van der Waals surface area contributed by atoms with Crippen LogP contribution in [-0.2, 0) is 4.79 Å². The predicted molar refractivity (Wildman–Crippen MR) is 72.2 cm³/mol. The van der Waals surface area contributed by atoms with Crippen molar-refractivity contribution in [2.75, 3.05) is 6.54 Å². The van der Waals surface area contributed by atoms with E-state index in [9.17, 15) is 4.79 Å². The summed E-state index contributed by atoms with van der Waals surface area (Å²) in [5, 5.41) is 9.04. The highest BCUT2D eigenvalue weighted by atomic mass is 16.4. The first-order valence-electron chi connectivity index (χ1n) is 6.70. The van der Waals surface area contributed by atoms with Gasteiger partial charge < -0.3 is 5.11 Å². The largest absolute Gasteiger partial charge is 0.480 e. The molecule has 17 heavy (non-hydrogen) atoms. The van der Waals surface area contributed by atoms with Crippen LogP contribution in [0.4, 0.5) is 0 Å². The van der Waals surface area contributed by atoms with Crippen molar-refractivity contribution in [3.05, 3.63) is 0 Å². The van der Waals surface area contributed by atoms with E-state index in [-0.39, 0.29) is 12.1 Å². The number of rotatable bonds is 7. The quantitative estimate of drug-likeness (QED) is 0.745. The lowest BCUT2D eigenvalue weighted by molar-refractivity contribution is -0.141. The maximum atomic E-state index is 11.0. The molecule has 0 aliphatic rings. The van der Waals surface area contributed by atoms with Gasteiger partial charge in [-0.25, -0.2) is 0 Å². The molecule has 0 bridgehead atoms. The topological polar surface area (TPSA) is 40.5 Å². The van der Waals surface area contributed by atoms with Gasteiger partial charge in [0.1, 0.15) is 0 Å². The molecule has 0 radical (unpaired) electrons. The summed E-state index contributed by atoms with van der Waals surface area (Å²) in [6, 6.07) is 0.362. The summed E-state index contributed by atoms with van der Waals surface area (Å²) in [5.41, 5.74) is -0.0907. The summed E-state index contributed by atoms with van der Waals surface area (Å²) in [6.07, 6.45) is 3.24. The normalized spacial score (nSPS) is 15.9. The molecule has 0 aliphatic carbocycles. The Morgan fingerprint density at radius 3 is 2.06 bits per heavy atom. The van der Waals surface area contributed by atoms with Crippen LogP contribution in [0.2, 0.25) is 0 Å². The minimum absolute atomic E-state index is 0.0907. The van der Waals surface area contributed by atoms with Gasteiger partial charge >= 0.3 is 5.97 Å². The van der Waals surface area contributed by atoms with Crippen LogP contribution in [0, 0.1) is 5.92 Å². The Morgan fingerprint density at radius 2 is 1.76 bits per heavy atom. The van der Waals surface area contributed by atoms with Crippen molar-refractivity contribution in [3.63, 3.8) is 0 Å². The van der Waals surface area contributed by atoms with E-state index in [2.05, 4.69) is 46.4 Å². The smallest absolute Gasteiger partial charge is 0.317 e. The molecule has 3 heteroatoms. The summed E-state index contributed by atoms with van der Waals surface area (Å²) in [7, 11) is 0.